The van der Waals surface area contributed by atoms with E-state index in [-0.39, 0.29) is 11.4 Å². The molecule has 0 aliphatic carbocycles. The molecule has 0 aliphatic rings. The van der Waals surface area contributed by atoms with Gasteiger partial charge >= 0.3 is 5.97 Å². The van der Waals surface area contributed by atoms with Crippen LogP contribution < -0.4 is 5.73 Å². The van der Waals surface area contributed by atoms with Crippen LogP contribution in [-0.4, -0.2) is 21.0 Å². The molecular formula is C9H7N3O2. The Balaban J connectivity index is 2.84. The lowest BCUT2D eigenvalue weighted by Gasteiger charge is -2.00. The number of anilines is 1. The number of fused-ring (bicyclic) bond motifs is 1. The molecule has 0 unspecified atom stereocenters. The number of nitrogen functional groups attached to an aromatic ring is 1. The van der Waals surface area contributed by atoms with Gasteiger partial charge in [-0.1, -0.05) is 6.07 Å². The number of aromatic nitrogens is 2. The summed E-state index contributed by atoms with van der Waals surface area (Å²) in [6.07, 6.45) is 1.40. The second-order valence-electron chi connectivity index (χ2n) is 2.77. The largest absolute Gasteiger partial charge is 0.478 e. The number of rotatable bonds is 1. The van der Waals surface area contributed by atoms with Gasteiger partial charge in [0.05, 0.1) is 17.3 Å². The van der Waals surface area contributed by atoms with Gasteiger partial charge in [0.2, 0.25) is 0 Å². The van der Waals surface area contributed by atoms with E-state index in [1.165, 1.54) is 12.3 Å². The highest BCUT2D eigenvalue weighted by atomic mass is 16.4. The Labute approximate surface area is 79.2 Å². The molecule has 0 bridgehead atoms. The van der Waals surface area contributed by atoms with Crippen molar-refractivity contribution in [3.63, 3.8) is 0 Å². The van der Waals surface area contributed by atoms with Crippen molar-refractivity contribution < 1.29 is 9.90 Å². The van der Waals surface area contributed by atoms with Gasteiger partial charge < -0.3 is 10.8 Å². The molecule has 1 aromatic heterocycles. The van der Waals surface area contributed by atoms with Crippen LogP contribution in [0.5, 0.6) is 0 Å². The normalized spacial score (nSPS) is 10.3. The number of hydrogen-bond donors (Lipinski definition) is 2. The van der Waals surface area contributed by atoms with Crippen molar-refractivity contribution in [1.82, 2.24) is 9.97 Å². The fourth-order valence-electron chi connectivity index (χ4n) is 1.22. The number of nitrogens with zero attached hydrogens (tertiary/aromatic N) is 2. The van der Waals surface area contributed by atoms with E-state index < -0.39 is 5.97 Å². The van der Waals surface area contributed by atoms with Crippen LogP contribution >= 0.6 is 0 Å². The molecule has 3 N–H and O–H groups in total. The smallest absolute Gasteiger partial charge is 0.337 e. The number of hydrogen-bond acceptors (Lipinski definition) is 4. The van der Waals surface area contributed by atoms with Gasteiger partial charge in [0.25, 0.3) is 0 Å². The Morgan fingerprint density at radius 1 is 1.43 bits per heavy atom. The van der Waals surface area contributed by atoms with Crippen molar-refractivity contribution in [2.24, 2.45) is 0 Å². The van der Waals surface area contributed by atoms with E-state index in [2.05, 4.69) is 9.97 Å². The summed E-state index contributed by atoms with van der Waals surface area (Å²) in [6, 6.07) is 4.78. The molecule has 1 aromatic carbocycles. The molecule has 0 aliphatic heterocycles. The average Bonchev–Trinajstić information content (AvgIpc) is 2.16. The highest BCUT2D eigenvalue weighted by Gasteiger charge is 2.09. The number of carbonyl (C=O) groups is 1. The van der Waals surface area contributed by atoms with E-state index in [4.69, 9.17) is 10.8 Å². The van der Waals surface area contributed by atoms with Gasteiger partial charge in [-0.3, -0.25) is 4.98 Å². The lowest BCUT2D eigenvalue weighted by atomic mass is 10.2. The SMILES string of the molecule is Nc1cnc2cccc(C(=O)O)c2n1. The summed E-state index contributed by atoms with van der Waals surface area (Å²) in [5.74, 6) is -0.818. The van der Waals surface area contributed by atoms with Crippen molar-refractivity contribution in [3.8, 4) is 0 Å². The summed E-state index contributed by atoms with van der Waals surface area (Å²) in [5, 5.41) is 8.87. The summed E-state index contributed by atoms with van der Waals surface area (Å²) >= 11 is 0. The predicted molar refractivity (Wildman–Crippen MR) is 50.9 cm³/mol. The summed E-state index contributed by atoms with van der Waals surface area (Å²) in [7, 11) is 0. The molecule has 0 atom stereocenters. The molecule has 0 radical (unpaired) electrons. The minimum atomic E-state index is -1.03. The lowest BCUT2D eigenvalue weighted by Crippen LogP contribution is -2.01. The third kappa shape index (κ3) is 1.24. The zero-order chi connectivity index (χ0) is 10.1. The molecule has 2 rings (SSSR count). The molecule has 0 saturated heterocycles. The molecule has 1 heterocycles. The van der Waals surface area contributed by atoms with Crippen LogP contribution in [0.15, 0.2) is 24.4 Å². The van der Waals surface area contributed by atoms with Gasteiger partial charge in [-0.15, -0.1) is 0 Å². The summed E-state index contributed by atoms with van der Waals surface area (Å²) in [6.45, 7) is 0. The van der Waals surface area contributed by atoms with Gasteiger partial charge in [0.1, 0.15) is 11.3 Å². The quantitative estimate of drug-likeness (QED) is 0.695. The molecule has 0 saturated carbocycles. The van der Waals surface area contributed by atoms with E-state index in [9.17, 15) is 4.79 Å². The first-order valence-corrected chi connectivity index (χ1v) is 3.93. The van der Waals surface area contributed by atoms with Gasteiger partial charge in [-0.05, 0) is 12.1 Å². The van der Waals surface area contributed by atoms with Crippen LogP contribution in [0.4, 0.5) is 5.82 Å². The van der Waals surface area contributed by atoms with Crippen molar-refractivity contribution in [1.29, 1.82) is 0 Å². The number of benzene rings is 1. The Kier molecular flexibility index (Phi) is 1.78. The zero-order valence-electron chi connectivity index (χ0n) is 7.14. The molecule has 5 heteroatoms. The van der Waals surface area contributed by atoms with Crippen molar-refractivity contribution in [3.05, 3.63) is 30.0 Å². The number of aromatic carboxylic acids is 1. The first kappa shape index (κ1) is 8.43. The molecule has 70 valence electrons. The average molecular weight is 189 g/mol. The summed E-state index contributed by atoms with van der Waals surface area (Å²) < 4.78 is 0. The van der Waals surface area contributed by atoms with Gasteiger partial charge in [-0.2, -0.15) is 0 Å². The molecule has 0 fully saturated rings. The highest BCUT2D eigenvalue weighted by molar-refractivity contribution is 6.00. The molecule has 14 heavy (non-hydrogen) atoms. The Bertz CT molecular complexity index is 510. The van der Waals surface area contributed by atoms with Crippen molar-refractivity contribution >= 4 is 22.8 Å². The minimum absolute atomic E-state index is 0.113. The lowest BCUT2D eigenvalue weighted by molar-refractivity contribution is 0.0699. The van der Waals surface area contributed by atoms with E-state index >= 15 is 0 Å². The van der Waals surface area contributed by atoms with Crippen LogP contribution in [0.2, 0.25) is 0 Å². The standard InChI is InChI=1S/C9H7N3O2/c10-7-4-11-6-3-1-2-5(9(13)14)8(6)12-7/h1-4H,(H2,10,12)(H,13,14). The predicted octanol–water partition coefficient (Wildman–Crippen LogP) is 0.910. The molecular weight excluding hydrogens is 182 g/mol. The second-order valence-corrected chi connectivity index (χ2v) is 2.77. The van der Waals surface area contributed by atoms with E-state index in [1.807, 2.05) is 0 Å². The fourth-order valence-corrected chi connectivity index (χ4v) is 1.22. The Morgan fingerprint density at radius 3 is 2.93 bits per heavy atom. The van der Waals surface area contributed by atoms with Gasteiger partial charge in [0.15, 0.2) is 0 Å². The first-order valence-electron chi connectivity index (χ1n) is 3.93. The highest BCUT2D eigenvalue weighted by Crippen LogP contribution is 2.15. The molecule has 0 amide bonds. The number of carboxylic acid groups (broad SMARTS) is 1. The van der Waals surface area contributed by atoms with Crippen LogP contribution in [-0.2, 0) is 0 Å². The topological polar surface area (TPSA) is 89.1 Å². The first-order chi connectivity index (χ1) is 6.68. The Morgan fingerprint density at radius 2 is 2.21 bits per heavy atom. The maximum Gasteiger partial charge on any atom is 0.337 e. The molecule has 5 nitrogen and oxygen atoms in total. The third-order valence-electron chi connectivity index (χ3n) is 1.82. The maximum absolute atomic E-state index is 10.8. The van der Waals surface area contributed by atoms with Crippen molar-refractivity contribution in [2.75, 3.05) is 5.73 Å². The van der Waals surface area contributed by atoms with E-state index in [1.54, 1.807) is 12.1 Å². The summed E-state index contributed by atoms with van der Waals surface area (Å²) in [5.41, 5.74) is 6.39. The van der Waals surface area contributed by atoms with E-state index in [0.717, 1.165) is 0 Å². The van der Waals surface area contributed by atoms with Crippen LogP contribution in [0, 0.1) is 0 Å². The fraction of sp³-hybridized carbons (Fsp3) is 0. The van der Waals surface area contributed by atoms with Gasteiger partial charge in [-0.25, -0.2) is 9.78 Å². The zero-order valence-corrected chi connectivity index (χ0v) is 7.14. The summed E-state index contributed by atoms with van der Waals surface area (Å²) in [4.78, 5) is 18.7. The molecule has 0 spiro atoms. The van der Waals surface area contributed by atoms with Gasteiger partial charge in [0, 0.05) is 0 Å². The number of nitrogens with two attached hydrogens (primary N) is 1. The maximum atomic E-state index is 10.8. The number of carboxylic acids is 1. The van der Waals surface area contributed by atoms with E-state index in [0.29, 0.717) is 11.0 Å². The monoisotopic (exact) mass is 189 g/mol. The number of para-hydroxylation sites is 1. The molecule has 2 aromatic rings. The van der Waals surface area contributed by atoms with Crippen molar-refractivity contribution in [2.45, 2.75) is 0 Å². The van der Waals surface area contributed by atoms with Crippen LogP contribution in [0.1, 0.15) is 10.4 Å². The second kappa shape index (κ2) is 2.95. The third-order valence-corrected chi connectivity index (χ3v) is 1.82. The van der Waals surface area contributed by atoms with Crippen LogP contribution in [0.25, 0.3) is 11.0 Å². The van der Waals surface area contributed by atoms with Crippen LogP contribution in [0.3, 0.4) is 0 Å². The Hall–Kier alpha value is -2.17. The minimum Gasteiger partial charge on any atom is -0.478 e.